The molecule has 0 spiro atoms. The second-order valence-electron chi connectivity index (χ2n) is 6.04. The molecule has 3 rings (SSSR count). The van der Waals surface area contributed by atoms with E-state index in [2.05, 4.69) is 4.98 Å². The Bertz CT molecular complexity index is 972. The van der Waals surface area contributed by atoms with Gasteiger partial charge < -0.3 is 19.1 Å². The van der Waals surface area contributed by atoms with Gasteiger partial charge in [-0.3, -0.25) is 4.79 Å². The van der Waals surface area contributed by atoms with E-state index in [0.29, 0.717) is 29.5 Å². The Kier molecular flexibility index (Phi) is 5.45. The minimum atomic E-state index is -0.169. The first-order valence-electron chi connectivity index (χ1n) is 8.48. The smallest absolute Gasteiger partial charge is 0.272 e. The van der Waals surface area contributed by atoms with E-state index in [4.69, 9.17) is 14.2 Å². The zero-order chi connectivity index (χ0) is 19.4. The highest BCUT2D eigenvalue weighted by atomic mass is 16.5. The summed E-state index contributed by atoms with van der Waals surface area (Å²) in [6.45, 7) is 0.344. The number of hydrogen-bond donors (Lipinski definition) is 0. The summed E-state index contributed by atoms with van der Waals surface area (Å²) in [5.41, 5.74) is 2.00. The van der Waals surface area contributed by atoms with Crippen LogP contribution in [0.3, 0.4) is 0 Å². The second-order valence-corrected chi connectivity index (χ2v) is 6.04. The van der Waals surface area contributed by atoms with Gasteiger partial charge in [-0.1, -0.05) is 24.3 Å². The number of carbonyl (C=O) groups excluding carboxylic acids is 1. The molecule has 0 atom stereocenters. The maximum absolute atomic E-state index is 12.8. The number of pyridine rings is 1. The first kappa shape index (κ1) is 18.5. The number of rotatable bonds is 6. The number of amides is 1. The molecule has 0 unspecified atom stereocenters. The molecule has 1 heterocycles. The van der Waals surface area contributed by atoms with E-state index >= 15 is 0 Å². The van der Waals surface area contributed by atoms with Crippen molar-refractivity contribution in [1.82, 2.24) is 9.88 Å². The number of carbonyl (C=O) groups is 1. The van der Waals surface area contributed by atoms with Crippen LogP contribution in [0.2, 0.25) is 0 Å². The van der Waals surface area contributed by atoms with Gasteiger partial charge in [0.25, 0.3) is 5.91 Å². The van der Waals surface area contributed by atoms with Crippen molar-refractivity contribution < 1.29 is 19.0 Å². The molecule has 0 aliphatic rings. The molecule has 0 fully saturated rings. The summed E-state index contributed by atoms with van der Waals surface area (Å²) in [5, 5.41) is 0.998. The molecule has 27 heavy (non-hydrogen) atoms. The summed E-state index contributed by atoms with van der Waals surface area (Å²) in [6, 6.07) is 15.0. The van der Waals surface area contributed by atoms with Crippen molar-refractivity contribution in [2.24, 2.45) is 0 Å². The Balaban J connectivity index is 1.87. The van der Waals surface area contributed by atoms with Crippen LogP contribution in [0.4, 0.5) is 0 Å². The number of hydrogen-bond acceptors (Lipinski definition) is 5. The minimum Gasteiger partial charge on any atom is -0.493 e. The lowest BCUT2D eigenvalue weighted by atomic mass is 10.1. The molecule has 140 valence electrons. The predicted octanol–water partition coefficient (Wildman–Crippen LogP) is 3.53. The Morgan fingerprint density at radius 1 is 0.926 bits per heavy atom. The van der Waals surface area contributed by atoms with Crippen molar-refractivity contribution >= 4 is 16.8 Å². The van der Waals surface area contributed by atoms with E-state index in [0.717, 1.165) is 16.5 Å². The standard InChI is InChI=1S/C21H22N2O4/c1-23(13-15-10-12-18(25-2)20(27-4)19(15)26-3)21(24)17-11-9-14-7-5-6-8-16(14)22-17/h5-12H,13H2,1-4H3. The van der Waals surface area contributed by atoms with Gasteiger partial charge in [0.1, 0.15) is 5.69 Å². The van der Waals surface area contributed by atoms with Gasteiger partial charge in [-0.15, -0.1) is 0 Å². The van der Waals surface area contributed by atoms with Crippen molar-refractivity contribution in [3.63, 3.8) is 0 Å². The zero-order valence-corrected chi connectivity index (χ0v) is 15.9. The fourth-order valence-corrected chi connectivity index (χ4v) is 3.00. The van der Waals surface area contributed by atoms with E-state index in [-0.39, 0.29) is 5.91 Å². The van der Waals surface area contributed by atoms with Crippen molar-refractivity contribution in [3.8, 4) is 17.2 Å². The third-order valence-electron chi connectivity index (χ3n) is 4.36. The molecule has 0 saturated carbocycles. The average Bonchev–Trinajstić information content (AvgIpc) is 2.72. The van der Waals surface area contributed by atoms with E-state index in [1.807, 2.05) is 36.4 Å². The number of fused-ring (bicyclic) bond motifs is 1. The maximum Gasteiger partial charge on any atom is 0.272 e. The molecule has 2 aromatic carbocycles. The third-order valence-corrected chi connectivity index (χ3v) is 4.36. The predicted molar refractivity (Wildman–Crippen MR) is 104 cm³/mol. The SMILES string of the molecule is COc1ccc(CN(C)C(=O)c2ccc3ccccc3n2)c(OC)c1OC. The summed E-state index contributed by atoms with van der Waals surface area (Å²) in [6.07, 6.45) is 0. The summed E-state index contributed by atoms with van der Waals surface area (Å²) in [5.74, 6) is 1.45. The highest BCUT2D eigenvalue weighted by Crippen LogP contribution is 2.40. The van der Waals surface area contributed by atoms with Gasteiger partial charge in [0.15, 0.2) is 11.5 Å². The molecule has 0 bridgehead atoms. The van der Waals surface area contributed by atoms with Crippen molar-refractivity contribution in [2.75, 3.05) is 28.4 Å². The fraction of sp³-hybridized carbons (Fsp3) is 0.238. The molecule has 0 radical (unpaired) electrons. The molecule has 3 aromatic rings. The minimum absolute atomic E-state index is 0.169. The highest BCUT2D eigenvalue weighted by Gasteiger charge is 2.20. The number of ether oxygens (including phenoxy) is 3. The van der Waals surface area contributed by atoms with Gasteiger partial charge in [-0.25, -0.2) is 4.98 Å². The number of nitrogens with zero attached hydrogens (tertiary/aromatic N) is 2. The average molecular weight is 366 g/mol. The Hall–Kier alpha value is -3.28. The van der Waals surface area contributed by atoms with Crippen LogP contribution in [0.15, 0.2) is 48.5 Å². The molecule has 0 N–H and O–H groups in total. The normalized spacial score (nSPS) is 10.5. The largest absolute Gasteiger partial charge is 0.493 e. The van der Waals surface area contributed by atoms with Crippen LogP contribution < -0.4 is 14.2 Å². The number of para-hydroxylation sites is 1. The second kappa shape index (κ2) is 7.95. The molecule has 1 amide bonds. The van der Waals surface area contributed by atoms with Gasteiger partial charge in [0, 0.05) is 24.5 Å². The van der Waals surface area contributed by atoms with Crippen LogP contribution in [0.25, 0.3) is 10.9 Å². The first-order chi connectivity index (χ1) is 13.1. The molecule has 1 aromatic heterocycles. The molecule has 6 nitrogen and oxygen atoms in total. The summed E-state index contributed by atoms with van der Waals surface area (Å²) >= 11 is 0. The van der Waals surface area contributed by atoms with Crippen molar-refractivity contribution in [1.29, 1.82) is 0 Å². The fourth-order valence-electron chi connectivity index (χ4n) is 3.00. The Morgan fingerprint density at radius 2 is 1.67 bits per heavy atom. The molecular weight excluding hydrogens is 344 g/mol. The van der Waals surface area contributed by atoms with Gasteiger partial charge in [0.05, 0.1) is 26.8 Å². The molecule has 6 heteroatoms. The summed E-state index contributed by atoms with van der Waals surface area (Å²) in [4.78, 5) is 18.9. The highest BCUT2D eigenvalue weighted by molar-refractivity contribution is 5.94. The van der Waals surface area contributed by atoms with Gasteiger partial charge in [-0.2, -0.15) is 0 Å². The molecule has 0 saturated heterocycles. The Morgan fingerprint density at radius 3 is 2.37 bits per heavy atom. The maximum atomic E-state index is 12.8. The quantitative estimate of drug-likeness (QED) is 0.668. The van der Waals surface area contributed by atoms with E-state index in [1.54, 1.807) is 45.4 Å². The van der Waals surface area contributed by atoms with Gasteiger partial charge in [0.2, 0.25) is 5.75 Å². The zero-order valence-electron chi connectivity index (χ0n) is 15.9. The first-order valence-corrected chi connectivity index (χ1v) is 8.48. The van der Waals surface area contributed by atoms with Crippen molar-refractivity contribution in [3.05, 3.63) is 59.8 Å². The van der Waals surface area contributed by atoms with Crippen LogP contribution >= 0.6 is 0 Å². The molecule has 0 aliphatic heterocycles. The van der Waals surface area contributed by atoms with Crippen LogP contribution in [0, 0.1) is 0 Å². The van der Waals surface area contributed by atoms with E-state index in [1.165, 1.54) is 0 Å². The number of benzene rings is 2. The monoisotopic (exact) mass is 366 g/mol. The van der Waals surface area contributed by atoms with Crippen molar-refractivity contribution in [2.45, 2.75) is 6.54 Å². The van der Waals surface area contributed by atoms with Crippen LogP contribution in [0.1, 0.15) is 16.1 Å². The number of methoxy groups -OCH3 is 3. The van der Waals surface area contributed by atoms with E-state index < -0.39 is 0 Å². The molecular formula is C21H22N2O4. The lowest BCUT2D eigenvalue weighted by Gasteiger charge is -2.21. The third kappa shape index (κ3) is 3.65. The lowest BCUT2D eigenvalue weighted by Crippen LogP contribution is -2.27. The summed E-state index contributed by atoms with van der Waals surface area (Å²) < 4.78 is 16.2. The number of aromatic nitrogens is 1. The van der Waals surface area contributed by atoms with Crippen LogP contribution in [-0.2, 0) is 6.54 Å². The topological polar surface area (TPSA) is 60.9 Å². The molecule has 0 aliphatic carbocycles. The van der Waals surface area contributed by atoms with E-state index in [9.17, 15) is 4.79 Å². The van der Waals surface area contributed by atoms with Gasteiger partial charge >= 0.3 is 0 Å². The van der Waals surface area contributed by atoms with Gasteiger partial charge in [-0.05, 0) is 24.3 Å². The van der Waals surface area contributed by atoms with Crippen LogP contribution in [-0.4, -0.2) is 44.2 Å². The summed E-state index contributed by atoms with van der Waals surface area (Å²) in [7, 11) is 6.42. The van der Waals surface area contributed by atoms with Crippen LogP contribution in [0.5, 0.6) is 17.2 Å². The Labute approximate surface area is 158 Å². The lowest BCUT2D eigenvalue weighted by molar-refractivity contribution is 0.0778.